The topological polar surface area (TPSA) is 12.9 Å². The number of aryl methyl sites for hydroxylation is 1. The van der Waals surface area contributed by atoms with Crippen LogP contribution in [0.5, 0.6) is 0 Å². The zero-order valence-corrected chi connectivity index (χ0v) is 10.6. The maximum atomic E-state index is 4.42. The lowest BCUT2D eigenvalue weighted by atomic mass is 9.93. The number of fused-ring (bicyclic) bond motifs is 1. The lowest BCUT2D eigenvalue weighted by Gasteiger charge is -2.13. The van der Waals surface area contributed by atoms with Crippen molar-refractivity contribution in [3.8, 4) is 0 Å². The van der Waals surface area contributed by atoms with Crippen molar-refractivity contribution in [2.24, 2.45) is 0 Å². The molecule has 2 rings (SSSR count). The van der Waals surface area contributed by atoms with Crippen molar-refractivity contribution in [1.29, 1.82) is 0 Å². The van der Waals surface area contributed by atoms with Crippen LogP contribution >= 0.6 is 0 Å². The zero-order chi connectivity index (χ0) is 12.4. The van der Waals surface area contributed by atoms with E-state index in [1.807, 2.05) is 26.1 Å². The molecule has 0 unspecified atom stereocenters. The molecule has 1 heteroatoms. The summed E-state index contributed by atoms with van der Waals surface area (Å²) in [5.41, 5.74) is 5.83. The Labute approximate surface area is 103 Å². The van der Waals surface area contributed by atoms with Gasteiger partial charge < -0.3 is 0 Å². The van der Waals surface area contributed by atoms with E-state index in [0.29, 0.717) is 0 Å². The van der Waals surface area contributed by atoms with E-state index < -0.39 is 0 Å². The summed E-state index contributed by atoms with van der Waals surface area (Å²) >= 11 is 0. The maximum absolute atomic E-state index is 4.42. The molecule has 0 bridgehead atoms. The molecule has 86 valence electrons. The average molecular weight is 223 g/mol. The monoisotopic (exact) mass is 223 g/mol. The van der Waals surface area contributed by atoms with Gasteiger partial charge in [0.05, 0.1) is 5.52 Å². The highest BCUT2D eigenvalue weighted by Gasteiger charge is 2.09. The van der Waals surface area contributed by atoms with Crippen molar-refractivity contribution in [2.75, 3.05) is 0 Å². The van der Waals surface area contributed by atoms with E-state index in [-0.39, 0.29) is 0 Å². The first kappa shape index (κ1) is 11.6. The molecule has 1 aromatic carbocycles. The molecule has 0 aliphatic rings. The van der Waals surface area contributed by atoms with Crippen LogP contribution in [0.3, 0.4) is 0 Å². The minimum atomic E-state index is 1.04. The van der Waals surface area contributed by atoms with Crippen LogP contribution in [0.4, 0.5) is 0 Å². The van der Waals surface area contributed by atoms with Crippen LogP contribution in [-0.2, 0) is 0 Å². The molecule has 0 aliphatic heterocycles. The minimum absolute atomic E-state index is 1.04. The van der Waals surface area contributed by atoms with E-state index in [1.54, 1.807) is 0 Å². The van der Waals surface area contributed by atoms with Crippen molar-refractivity contribution >= 4 is 22.6 Å². The molecule has 1 aromatic heterocycles. The van der Waals surface area contributed by atoms with Gasteiger partial charge in [-0.25, -0.2) is 0 Å². The van der Waals surface area contributed by atoms with Gasteiger partial charge in [-0.15, -0.1) is 0 Å². The molecular weight excluding hydrogens is 206 g/mol. The second kappa shape index (κ2) is 4.54. The predicted molar refractivity (Wildman–Crippen MR) is 75.9 cm³/mol. The van der Waals surface area contributed by atoms with E-state index in [0.717, 1.165) is 11.1 Å². The number of hydrogen-bond acceptors (Lipinski definition) is 1. The first-order valence-corrected chi connectivity index (χ1v) is 5.82. The van der Waals surface area contributed by atoms with Crippen molar-refractivity contribution in [3.63, 3.8) is 0 Å². The standard InChI is InChI=1S/C16H17N/c1-5-7-13-12(4)10-15-14(8-6-9-17-15)16(13)11(2)3/h5-10H,2H2,1,3-4H3/b7-5-. The van der Waals surface area contributed by atoms with Crippen LogP contribution in [0.1, 0.15) is 30.5 Å². The fourth-order valence-electron chi connectivity index (χ4n) is 2.21. The Balaban J connectivity index is 2.93. The van der Waals surface area contributed by atoms with Crippen LogP contribution in [0.2, 0.25) is 0 Å². The first-order chi connectivity index (χ1) is 8.15. The van der Waals surface area contributed by atoms with Crippen molar-refractivity contribution in [2.45, 2.75) is 20.8 Å². The molecule has 1 heterocycles. The van der Waals surface area contributed by atoms with Crippen molar-refractivity contribution < 1.29 is 0 Å². The van der Waals surface area contributed by atoms with Gasteiger partial charge in [-0.2, -0.15) is 0 Å². The van der Waals surface area contributed by atoms with Crippen LogP contribution < -0.4 is 0 Å². The summed E-state index contributed by atoms with van der Waals surface area (Å²) in [4.78, 5) is 4.42. The summed E-state index contributed by atoms with van der Waals surface area (Å²) in [5.74, 6) is 0. The van der Waals surface area contributed by atoms with E-state index >= 15 is 0 Å². The first-order valence-electron chi connectivity index (χ1n) is 5.82. The summed E-state index contributed by atoms with van der Waals surface area (Å²) in [5, 5.41) is 1.18. The van der Waals surface area contributed by atoms with Gasteiger partial charge in [0.15, 0.2) is 0 Å². The van der Waals surface area contributed by atoms with E-state index in [2.05, 4.69) is 42.8 Å². The molecule has 0 spiro atoms. The number of aromatic nitrogens is 1. The van der Waals surface area contributed by atoms with Crippen LogP contribution in [0.25, 0.3) is 22.6 Å². The second-order valence-electron chi connectivity index (χ2n) is 4.33. The number of rotatable bonds is 2. The smallest absolute Gasteiger partial charge is 0.0711 e. The van der Waals surface area contributed by atoms with E-state index in [1.165, 1.54) is 22.1 Å². The Hall–Kier alpha value is -1.89. The Morgan fingerprint density at radius 1 is 1.41 bits per heavy atom. The maximum Gasteiger partial charge on any atom is 0.0711 e. The van der Waals surface area contributed by atoms with Crippen molar-refractivity contribution in [3.05, 3.63) is 53.7 Å². The molecule has 0 amide bonds. The van der Waals surface area contributed by atoms with Gasteiger partial charge >= 0.3 is 0 Å². The molecule has 0 radical (unpaired) electrons. The second-order valence-corrected chi connectivity index (χ2v) is 4.33. The highest BCUT2D eigenvalue weighted by Crippen LogP contribution is 2.30. The zero-order valence-electron chi connectivity index (χ0n) is 10.6. The summed E-state index contributed by atoms with van der Waals surface area (Å²) in [6.45, 7) is 10.3. The Kier molecular flexibility index (Phi) is 3.10. The number of allylic oxidation sites excluding steroid dienone is 2. The van der Waals surface area contributed by atoms with E-state index in [9.17, 15) is 0 Å². The number of pyridine rings is 1. The Morgan fingerprint density at radius 2 is 2.18 bits per heavy atom. The third-order valence-corrected chi connectivity index (χ3v) is 2.92. The Bertz CT molecular complexity index is 606. The molecule has 0 fully saturated rings. The van der Waals surface area contributed by atoms with Gasteiger partial charge in [0.2, 0.25) is 0 Å². The summed E-state index contributed by atoms with van der Waals surface area (Å²) in [6.07, 6.45) is 6.04. The predicted octanol–water partition coefficient (Wildman–Crippen LogP) is 4.61. The molecule has 17 heavy (non-hydrogen) atoms. The summed E-state index contributed by atoms with van der Waals surface area (Å²) in [7, 11) is 0. The molecule has 0 N–H and O–H groups in total. The number of hydrogen-bond donors (Lipinski definition) is 0. The minimum Gasteiger partial charge on any atom is -0.256 e. The SMILES string of the molecule is C=C(C)c1c(/C=C\C)c(C)cc2ncccc12. The highest BCUT2D eigenvalue weighted by atomic mass is 14.6. The molecule has 2 aromatic rings. The fraction of sp³-hybridized carbons (Fsp3) is 0.188. The van der Waals surface area contributed by atoms with Crippen molar-refractivity contribution in [1.82, 2.24) is 4.98 Å². The molecular formula is C16H17N. The third-order valence-electron chi connectivity index (χ3n) is 2.92. The normalized spacial score (nSPS) is 11.2. The lowest BCUT2D eigenvalue weighted by Crippen LogP contribution is -1.93. The molecule has 1 nitrogen and oxygen atoms in total. The number of nitrogens with zero attached hydrogens (tertiary/aromatic N) is 1. The molecule has 0 saturated heterocycles. The quantitative estimate of drug-likeness (QED) is 0.724. The van der Waals surface area contributed by atoms with Gasteiger partial charge in [-0.1, -0.05) is 24.8 Å². The van der Waals surface area contributed by atoms with Gasteiger partial charge in [-0.3, -0.25) is 4.98 Å². The van der Waals surface area contributed by atoms with Crippen LogP contribution in [-0.4, -0.2) is 4.98 Å². The van der Waals surface area contributed by atoms with Crippen LogP contribution in [0.15, 0.2) is 37.1 Å². The van der Waals surface area contributed by atoms with E-state index in [4.69, 9.17) is 0 Å². The Morgan fingerprint density at radius 3 is 2.82 bits per heavy atom. The summed E-state index contributed by atoms with van der Waals surface area (Å²) < 4.78 is 0. The molecule has 0 saturated carbocycles. The van der Waals surface area contributed by atoms with Gasteiger partial charge in [-0.05, 0) is 55.2 Å². The number of benzene rings is 1. The molecule has 0 aliphatic carbocycles. The summed E-state index contributed by atoms with van der Waals surface area (Å²) in [6, 6.07) is 6.22. The van der Waals surface area contributed by atoms with Gasteiger partial charge in [0.25, 0.3) is 0 Å². The third kappa shape index (κ3) is 2.01. The highest BCUT2D eigenvalue weighted by molar-refractivity contribution is 5.95. The van der Waals surface area contributed by atoms with Gasteiger partial charge in [0, 0.05) is 11.6 Å². The lowest BCUT2D eigenvalue weighted by molar-refractivity contribution is 1.36. The molecule has 0 atom stereocenters. The van der Waals surface area contributed by atoms with Gasteiger partial charge in [0.1, 0.15) is 0 Å². The fourth-order valence-corrected chi connectivity index (χ4v) is 2.21. The largest absolute Gasteiger partial charge is 0.256 e. The van der Waals surface area contributed by atoms with Crippen LogP contribution in [0, 0.1) is 6.92 Å². The average Bonchev–Trinajstić information content (AvgIpc) is 2.29.